The van der Waals surface area contributed by atoms with Crippen molar-refractivity contribution in [2.75, 3.05) is 19.5 Å². The average Bonchev–Trinajstić information content (AvgIpc) is 2.42. The largest absolute Gasteiger partial charge is 0.497 e. The van der Waals surface area contributed by atoms with Crippen LogP contribution in [0.25, 0.3) is 11.3 Å². The van der Waals surface area contributed by atoms with Crippen LogP contribution in [0.5, 0.6) is 5.75 Å². The summed E-state index contributed by atoms with van der Waals surface area (Å²) in [5, 5.41) is 11.5. The van der Waals surface area contributed by atoms with Crippen LogP contribution in [0.4, 0.5) is 5.82 Å². The molecule has 0 bridgehead atoms. The molecular formula is C14H17N3O. The summed E-state index contributed by atoms with van der Waals surface area (Å²) in [7, 11) is 3.51. The molecular weight excluding hydrogens is 226 g/mol. The van der Waals surface area contributed by atoms with E-state index in [0.717, 1.165) is 34.0 Å². The first-order chi connectivity index (χ1) is 8.67. The van der Waals surface area contributed by atoms with Crippen molar-refractivity contribution >= 4 is 5.82 Å². The molecule has 94 valence electrons. The lowest BCUT2D eigenvalue weighted by molar-refractivity contribution is 0.415. The van der Waals surface area contributed by atoms with Crippen LogP contribution < -0.4 is 10.1 Å². The van der Waals surface area contributed by atoms with E-state index >= 15 is 0 Å². The molecule has 1 aromatic carbocycles. The molecule has 0 aliphatic heterocycles. The van der Waals surface area contributed by atoms with E-state index in [2.05, 4.69) is 22.4 Å². The molecule has 18 heavy (non-hydrogen) atoms. The van der Waals surface area contributed by atoms with Gasteiger partial charge in [0.25, 0.3) is 0 Å². The molecule has 0 aliphatic carbocycles. The van der Waals surface area contributed by atoms with Gasteiger partial charge < -0.3 is 10.1 Å². The van der Waals surface area contributed by atoms with Crippen molar-refractivity contribution in [3.63, 3.8) is 0 Å². The molecule has 0 spiro atoms. The zero-order chi connectivity index (χ0) is 13.1. The molecule has 1 aromatic heterocycles. The first-order valence-corrected chi connectivity index (χ1v) is 5.83. The van der Waals surface area contributed by atoms with Crippen molar-refractivity contribution in [3.8, 4) is 17.0 Å². The van der Waals surface area contributed by atoms with Gasteiger partial charge in [-0.25, -0.2) is 0 Å². The van der Waals surface area contributed by atoms with Crippen LogP contribution in [0.1, 0.15) is 11.1 Å². The summed E-state index contributed by atoms with van der Waals surface area (Å²) in [4.78, 5) is 0. The van der Waals surface area contributed by atoms with Gasteiger partial charge in [0.2, 0.25) is 0 Å². The number of methoxy groups -OCH3 is 1. The van der Waals surface area contributed by atoms with Crippen LogP contribution in [-0.4, -0.2) is 24.4 Å². The first kappa shape index (κ1) is 12.4. The van der Waals surface area contributed by atoms with Gasteiger partial charge in [0.15, 0.2) is 5.82 Å². The molecule has 0 unspecified atom stereocenters. The second-order valence-electron chi connectivity index (χ2n) is 4.13. The van der Waals surface area contributed by atoms with Gasteiger partial charge in [-0.1, -0.05) is 12.1 Å². The van der Waals surface area contributed by atoms with Gasteiger partial charge in [-0.3, -0.25) is 0 Å². The zero-order valence-corrected chi connectivity index (χ0v) is 11.1. The van der Waals surface area contributed by atoms with Crippen molar-refractivity contribution in [1.29, 1.82) is 0 Å². The Hall–Kier alpha value is -2.10. The lowest BCUT2D eigenvalue weighted by Crippen LogP contribution is -2.02. The summed E-state index contributed by atoms with van der Waals surface area (Å²) >= 11 is 0. The molecule has 4 heteroatoms. The molecule has 0 atom stereocenters. The van der Waals surface area contributed by atoms with E-state index in [4.69, 9.17) is 4.74 Å². The Kier molecular flexibility index (Phi) is 3.46. The van der Waals surface area contributed by atoms with Crippen molar-refractivity contribution in [1.82, 2.24) is 10.2 Å². The van der Waals surface area contributed by atoms with E-state index in [1.165, 1.54) is 0 Å². The smallest absolute Gasteiger partial charge is 0.151 e. The molecule has 1 N–H and O–H groups in total. The Balaban J connectivity index is 2.54. The summed E-state index contributed by atoms with van der Waals surface area (Å²) in [6.07, 6.45) is 0. The number of aromatic nitrogens is 2. The van der Waals surface area contributed by atoms with Gasteiger partial charge >= 0.3 is 0 Å². The molecule has 0 fully saturated rings. The maximum absolute atomic E-state index is 5.23. The van der Waals surface area contributed by atoms with Crippen LogP contribution >= 0.6 is 0 Å². The van der Waals surface area contributed by atoms with E-state index < -0.39 is 0 Å². The fourth-order valence-corrected chi connectivity index (χ4v) is 1.89. The minimum atomic E-state index is 0.819. The number of nitrogens with zero attached hydrogens (tertiary/aromatic N) is 2. The average molecular weight is 243 g/mol. The molecule has 0 aliphatic rings. The SMILES string of the molecule is CNc1nnc(-c2cccc(OC)c2)c(C)c1C. The monoisotopic (exact) mass is 243 g/mol. The minimum absolute atomic E-state index is 0.819. The third-order valence-electron chi connectivity index (χ3n) is 3.10. The Morgan fingerprint density at radius 2 is 1.89 bits per heavy atom. The fraction of sp³-hybridized carbons (Fsp3) is 0.286. The number of nitrogens with one attached hydrogen (secondary N) is 1. The Labute approximate surface area is 107 Å². The van der Waals surface area contributed by atoms with Gasteiger partial charge in [0.1, 0.15) is 5.75 Å². The highest BCUT2D eigenvalue weighted by atomic mass is 16.5. The highest BCUT2D eigenvalue weighted by molar-refractivity contribution is 5.67. The first-order valence-electron chi connectivity index (χ1n) is 5.83. The predicted molar refractivity (Wildman–Crippen MR) is 73.0 cm³/mol. The van der Waals surface area contributed by atoms with E-state index in [1.54, 1.807) is 7.11 Å². The van der Waals surface area contributed by atoms with Crippen molar-refractivity contribution in [3.05, 3.63) is 35.4 Å². The van der Waals surface area contributed by atoms with Crippen molar-refractivity contribution < 1.29 is 4.74 Å². The summed E-state index contributed by atoms with van der Waals surface area (Å²) in [6, 6.07) is 7.85. The highest BCUT2D eigenvalue weighted by Crippen LogP contribution is 2.27. The molecule has 1 heterocycles. The Morgan fingerprint density at radius 1 is 1.11 bits per heavy atom. The quantitative estimate of drug-likeness (QED) is 0.900. The van der Waals surface area contributed by atoms with E-state index in [1.807, 2.05) is 38.2 Å². The molecule has 0 saturated heterocycles. The van der Waals surface area contributed by atoms with E-state index in [-0.39, 0.29) is 0 Å². The number of hydrogen-bond donors (Lipinski definition) is 1. The van der Waals surface area contributed by atoms with Crippen LogP contribution in [0.2, 0.25) is 0 Å². The minimum Gasteiger partial charge on any atom is -0.497 e. The Bertz CT molecular complexity index is 567. The second kappa shape index (κ2) is 5.04. The standard InChI is InChI=1S/C14H17N3O/c1-9-10(2)14(15-3)17-16-13(9)11-6-5-7-12(8-11)18-4/h5-8H,1-4H3,(H,15,17). The molecule has 2 aromatic rings. The van der Waals surface area contributed by atoms with Crippen molar-refractivity contribution in [2.24, 2.45) is 0 Å². The number of benzene rings is 1. The maximum Gasteiger partial charge on any atom is 0.151 e. The lowest BCUT2D eigenvalue weighted by atomic mass is 10.0. The normalized spacial score (nSPS) is 10.2. The van der Waals surface area contributed by atoms with E-state index in [0.29, 0.717) is 0 Å². The molecule has 2 rings (SSSR count). The van der Waals surface area contributed by atoms with Crippen molar-refractivity contribution in [2.45, 2.75) is 13.8 Å². The van der Waals surface area contributed by atoms with Crippen LogP contribution in [0.3, 0.4) is 0 Å². The third kappa shape index (κ3) is 2.14. The summed E-state index contributed by atoms with van der Waals surface area (Å²) in [5.41, 5.74) is 4.16. The van der Waals surface area contributed by atoms with Gasteiger partial charge in [-0.05, 0) is 37.1 Å². The van der Waals surface area contributed by atoms with Crippen LogP contribution in [0.15, 0.2) is 24.3 Å². The van der Waals surface area contributed by atoms with Crippen LogP contribution in [-0.2, 0) is 0 Å². The Morgan fingerprint density at radius 3 is 2.56 bits per heavy atom. The van der Waals surface area contributed by atoms with Crippen LogP contribution in [0, 0.1) is 13.8 Å². The van der Waals surface area contributed by atoms with Gasteiger partial charge in [-0.15, -0.1) is 10.2 Å². The fourth-order valence-electron chi connectivity index (χ4n) is 1.89. The maximum atomic E-state index is 5.23. The van der Waals surface area contributed by atoms with Gasteiger partial charge in [0, 0.05) is 12.6 Å². The number of ether oxygens (including phenoxy) is 1. The molecule has 0 amide bonds. The third-order valence-corrected chi connectivity index (χ3v) is 3.10. The molecule has 0 radical (unpaired) electrons. The number of hydrogen-bond acceptors (Lipinski definition) is 4. The zero-order valence-electron chi connectivity index (χ0n) is 11.1. The number of rotatable bonds is 3. The summed E-state index contributed by atoms with van der Waals surface area (Å²) in [5.74, 6) is 1.64. The highest BCUT2D eigenvalue weighted by Gasteiger charge is 2.10. The van der Waals surface area contributed by atoms with Gasteiger partial charge in [0.05, 0.1) is 12.8 Å². The van der Waals surface area contributed by atoms with Gasteiger partial charge in [-0.2, -0.15) is 0 Å². The lowest BCUT2D eigenvalue weighted by Gasteiger charge is -2.11. The number of anilines is 1. The summed E-state index contributed by atoms with van der Waals surface area (Å²) in [6.45, 7) is 4.10. The molecule has 0 saturated carbocycles. The topological polar surface area (TPSA) is 47.0 Å². The predicted octanol–water partition coefficient (Wildman–Crippen LogP) is 2.81. The molecule has 4 nitrogen and oxygen atoms in total. The second-order valence-corrected chi connectivity index (χ2v) is 4.13. The summed E-state index contributed by atoms with van der Waals surface area (Å²) < 4.78 is 5.23. The van der Waals surface area contributed by atoms with E-state index in [9.17, 15) is 0 Å².